The highest BCUT2D eigenvalue weighted by Crippen LogP contribution is 2.22. The summed E-state index contributed by atoms with van der Waals surface area (Å²) in [6.45, 7) is 6.22. The molecule has 24 heavy (non-hydrogen) atoms. The largest absolute Gasteiger partial charge is 0.340 e. The second-order valence-corrected chi connectivity index (χ2v) is 6.35. The fourth-order valence-electron chi connectivity index (χ4n) is 3.03. The smallest absolute Gasteiger partial charge is 0.227 e. The number of benzene rings is 1. The molecule has 0 radical (unpaired) electrons. The summed E-state index contributed by atoms with van der Waals surface area (Å²) in [5.74, 6) is 1.56. The molecule has 4 rings (SSSR count). The molecule has 0 bridgehead atoms. The zero-order valence-electron chi connectivity index (χ0n) is 13.8. The molecule has 3 heterocycles. The number of hydrogen-bond donors (Lipinski definition) is 3. The topological polar surface area (TPSA) is 81.8 Å². The molecule has 1 aliphatic heterocycles. The molecule has 7 nitrogen and oxygen atoms in total. The van der Waals surface area contributed by atoms with Gasteiger partial charge in [-0.05, 0) is 38.1 Å². The van der Waals surface area contributed by atoms with Crippen molar-refractivity contribution in [3.8, 4) is 0 Å². The number of aromatic amines is 1. The lowest BCUT2D eigenvalue weighted by Gasteiger charge is -2.37. The molecule has 1 fully saturated rings. The van der Waals surface area contributed by atoms with Gasteiger partial charge in [0, 0.05) is 42.4 Å². The summed E-state index contributed by atoms with van der Waals surface area (Å²) >= 11 is 0. The van der Waals surface area contributed by atoms with Crippen LogP contribution in [-0.4, -0.2) is 45.3 Å². The maximum absolute atomic E-state index is 4.70. The molecule has 3 N–H and O–H groups in total. The van der Waals surface area contributed by atoms with Crippen LogP contribution in [-0.2, 0) is 0 Å². The van der Waals surface area contributed by atoms with Crippen LogP contribution in [0.4, 0.5) is 17.5 Å². The van der Waals surface area contributed by atoms with Gasteiger partial charge in [-0.15, -0.1) is 0 Å². The van der Waals surface area contributed by atoms with E-state index in [0.29, 0.717) is 12.1 Å². The number of H-pyrrole nitrogens is 1. The minimum atomic E-state index is 0.374. The monoisotopic (exact) mass is 323 g/mol. The van der Waals surface area contributed by atoms with Crippen LogP contribution in [0.25, 0.3) is 10.9 Å². The average molecular weight is 323 g/mol. The van der Waals surface area contributed by atoms with Gasteiger partial charge in [-0.3, -0.25) is 5.10 Å². The fraction of sp³-hybridized carbons (Fsp3) is 0.353. The van der Waals surface area contributed by atoms with Gasteiger partial charge >= 0.3 is 0 Å². The predicted molar refractivity (Wildman–Crippen MR) is 95.7 cm³/mol. The van der Waals surface area contributed by atoms with E-state index in [2.05, 4.69) is 50.6 Å². The van der Waals surface area contributed by atoms with E-state index in [1.807, 2.05) is 24.4 Å². The van der Waals surface area contributed by atoms with Gasteiger partial charge in [0.05, 0.1) is 11.7 Å². The van der Waals surface area contributed by atoms with Crippen LogP contribution in [0.15, 0.2) is 36.7 Å². The highest BCUT2D eigenvalue weighted by atomic mass is 15.3. The molecule has 124 valence electrons. The summed E-state index contributed by atoms with van der Waals surface area (Å²) < 4.78 is 0. The number of nitrogens with zero attached hydrogens (tertiary/aromatic N) is 4. The third-order valence-corrected chi connectivity index (χ3v) is 4.38. The van der Waals surface area contributed by atoms with Gasteiger partial charge in [-0.2, -0.15) is 10.1 Å². The average Bonchev–Trinajstić information content (AvgIpc) is 3.05. The van der Waals surface area contributed by atoms with Gasteiger partial charge in [-0.1, -0.05) is 0 Å². The standard InChI is InChI=1S/C17H21N7/c1-11-10-24(12(2)8-19-11)17-18-6-5-16(22-17)21-14-3-4-15-13(7-14)9-20-23-15/h3-7,9,11-12,19H,8,10H2,1-2H3,(H,20,23)(H,18,21,22). The van der Waals surface area contributed by atoms with Crippen LogP contribution < -0.4 is 15.5 Å². The van der Waals surface area contributed by atoms with Gasteiger partial charge in [0.25, 0.3) is 0 Å². The maximum atomic E-state index is 4.70. The van der Waals surface area contributed by atoms with E-state index in [-0.39, 0.29) is 0 Å². The van der Waals surface area contributed by atoms with Crippen molar-refractivity contribution in [3.63, 3.8) is 0 Å². The van der Waals surface area contributed by atoms with E-state index in [9.17, 15) is 0 Å². The molecule has 0 amide bonds. The Balaban J connectivity index is 1.57. The molecule has 1 aliphatic rings. The first-order valence-electron chi connectivity index (χ1n) is 8.22. The Morgan fingerprint density at radius 1 is 1.25 bits per heavy atom. The van der Waals surface area contributed by atoms with Crippen molar-refractivity contribution >= 4 is 28.4 Å². The van der Waals surface area contributed by atoms with Crippen LogP contribution in [0.5, 0.6) is 0 Å². The minimum absolute atomic E-state index is 0.374. The molecular formula is C17H21N7. The number of rotatable bonds is 3. The van der Waals surface area contributed by atoms with Gasteiger partial charge < -0.3 is 15.5 Å². The number of hydrogen-bond acceptors (Lipinski definition) is 6. The van der Waals surface area contributed by atoms with Crippen LogP contribution in [0.2, 0.25) is 0 Å². The predicted octanol–water partition coefficient (Wildman–Crippen LogP) is 2.28. The molecule has 2 unspecified atom stereocenters. The molecular weight excluding hydrogens is 302 g/mol. The lowest BCUT2D eigenvalue weighted by Crippen LogP contribution is -2.55. The molecule has 2 atom stereocenters. The lowest BCUT2D eigenvalue weighted by molar-refractivity contribution is 0.420. The first-order chi connectivity index (χ1) is 11.7. The Labute approximate surface area is 140 Å². The summed E-state index contributed by atoms with van der Waals surface area (Å²) in [5, 5.41) is 14.9. The molecule has 3 aromatic rings. The van der Waals surface area contributed by atoms with Crippen molar-refractivity contribution in [1.82, 2.24) is 25.5 Å². The highest BCUT2D eigenvalue weighted by Gasteiger charge is 2.24. The second-order valence-electron chi connectivity index (χ2n) is 6.35. The number of aromatic nitrogens is 4. The van der Waals surface area contributed by atoms with Gasteiger partial charge in [0.1, 0.15) is 5.82 Å². The van der Waals surface area contributed by atoms with E-state index < -0.39 is 0 Å². The first-order valence-corrected chi connectivity index (χ1v) is 8.22. The summed E-state index contributed by atoms with van der Waals surface area (Å²) in [6.07, 6.45) is 3.62. The van der Waals surface area contributed by atoms with E-state index in [1.54, 1.807) is 6.20 Å². The number of nitrogens with one attached hydrogen (secondary N) is 3. The van der Waals surface area contributed by atoms with Crippen molar-refractivity contribution < 1.29 is 0 Å². The Morgan fingerprint density at radius 3 is 3.08 bits per heavy atom. The van der Waals surface area contributed by atoms with E-state index in [1.165, 1.54) is 0 Å². The maximum Gasteiger partial charge on any atom is 0.227 e. The van der Waals surface area contributed by atoms with Gasteiger partial charge in [-0.25, -0.2) is 4.98 Å². The third-order valence-electron chi connectivity index (χ3n) is 4.38. The van der Waals surface area contributed by atoms with Crippen LogP contribution in [0.1, 0.15) is 13.8 Å². The van der Waals surface area contributed by atoms with Crippen LogP contribution in [0, 0.1) is 0 Å². The van der Waals surface area contributed by atoms with Gasteiger partial charge in [0.2, 0.25) is 5.95 Å². The molecule has 2 aromatic heterocycles. The Morgan fingerprint density at radius 2 is 2.17 bits per heavy atom. The summed E-state index contributed by atoms with van der Waals surface area (Å²) in [5.41, 5.74) is 2.00. The number of fused-ring (bicyclic) bond motifs is 1. The SMILES string of the molecule is CC1CN(c2nccc(Nc3ccc4[nH]ncc4c3)n2)C(C)CN1. The van der Waals surface area contributed by atoms with Crippen molar-refractivity contribution in [2.75, 3.05) is 23.3 Å². The van der Waals surface area contributed by atoms with Crippen molar-refractivity contribution in [2.24, 2.45) is 0 Å². The van der Waals surface area contributed by atoms with Crippen LogP contribution >= 0.6 is 0 Å². The van der Waals surface area contributed by atoms with E-state index in [0.717, 1.165) is 41.4 Å². The molecule has 1 saturated heterocycles. The molecule has 1 aromatic carbocycles. The summed E-state index contributed by atoms with van der Waals surface area (Å²) in [6, 6.07) is 8.77. The third kappa shape index (κ3) is 2.90. The van der Waals surface area contributed by atoms with Crippen molar-refractivity contribution in [2.45, 2.75) is 25.9 Å². The Bertz CT molecular complexity index is 844. The quantitative estimate of drug-likeness (QED) is 0.686. The van der Waals surface area contributed by atoms with Crippen molar-refractivity contribution in [1.29, 1.82) is 0 Å². The Hall–Kier alpha value is -2.67. The lowest BCUT2D eigenvalue weighted by atomic mass is 10.1. The summed E-state index contributed by atoms with van der Waals surface area (Å²) in [7, 11) is 0. The van der Waals surface area contributed by atoms with E-state index >= 15 is 0 Å². The van der Waals surface area contributed by atoms with Gasteiger partial charge in [0.15, 0.2) is 0 Å². The highest BCUT2D eigenvalue weighted by molar-refractivity contribution is 5.82. The minimum Gasteiger partial charge on any atom is -0.340 e. The molecule has 0 aliphatic carbocycles. The second kappa shape index (κ2) is 6.09. The fourth-order valence-corrected chi connectivity index (χ4v) is 3.03. The zero-order valence-corrected chi connectivity index (χ0v) is 13.8. The van der Waals surface area contributed by atoms with E-state index in [4.69, 9.17) is 4.98 Å². The first kappa shape index (κ1) is 14.9. The number of anilines is 3. The van der Waals surface area contributed by atoms with Crippen molar-refractivity contribution in [3.05, 3.63) is 36.7 Å². The normalized spacial score (nSPS) is 21.2. The molecule has 0 spiro atoms. The number of piperazine rings is 1. The molecule has 0 saturated carbocycles. The zero-order chi connectivity index (χ0) is 16.5. The summed E-state index contributed by atoms with van der Waals surface area (Å²) in [4.78, 5) is 11.4. The Kier molecular flexibility index (Phi) is 3.78. The van der Waals surface area contributed by atoms with Crippen LogP contribution in [0.3, 0.4) is 0 Å². The molecule has 7 heteroatoms.